The van der Waals surface area contributed by atoms with Crippen LogP contribution in [0, 0.1) is 0 Å². The zero-order valence-electron chi connectivity index (χ0n) is 12.1. The number of rotatable bonds is 5. The topological polar surface area (TPSA) is 90.1 Å². The Morgan fingerprint density at radius 3 is 2.76 bits per heavy atom. The minimum absolute atomic E-state index is 0.150. The number of amides is 1. The molecule has 0 unspecified atom stereocenters. The third-order valence-electron chi connectivity index (χ3n) is 2.83. The Morgan fingerprint density at radius 2 is 2.10 bits per heavy atom. The van der Waals surface area contributed by atoms with Gasteiger partial charge in [-0.25, -0.2) is 9.97 Å². The molecule has 1 aromatic carbocycles. The van der Waals surface area contributed by atoms with Gasteiger partial charge in [-0.05, 0) is 26.0 Å². The van der Waals surface area contributed by atoms with E-state index in [4.69, 9.17) is 10.5 Å². The summed E-state index contributed by atoms with van der Waals surface area (Å²) in [5.74, 6) is 0.992. The van der Waals surface area contributed by atoms with Crippen LogP contribution in [0.2, 0.25) is 0 Å². The molecule has 0 aliphatic rings. The summed E-state index contributed by atoms with van der Waals surface area (Å²) in [6.45, 7) is 4.81. The molecule has 6 nitrogen and oxygen atoms in total. The number of carbonyl (C=O) groups is 1. The van der Waals surface area contributed by atoms with Crippen molar-refractivity contribution in [3.05, 3.63) is 36.0 Å². The van der Waals surface area contributed by atoms with E-state index in [2.05, 4.69) is 15.3 Å². The van der Waals surface area contributed by atoms with Gasteiger partial charge < -0.3 is 15.8 Å². The van der Waals surface area contributed by atoms with Gasteiger partial charge in [-0.1, -0.05) is 12.1 Å². The summed E-state index contributed by atoms with van der Waals surface area (Å²) in [6, 6.07) is 7.44. The quantitative estimate of drug-likeness (QED) is 0.875. The average molecular weight is 286 g/mol. The van der Waals surface area contributed by atoms with Crippen LogP contribution in [0.1, 0.15) is 24.2 Å². The van der Waals surface area contributed by atoms with Crippen molar-refractivity contribution >= 4 is 11.7 Å². The highest BCUT2D eigenvalue weighted by Gasteiger charge is 2.14. The van der Waals surface area contributed by atoms with Crippen molar-refractivity contribution in [1.82, 2.24) is 15.3 Å². The molecular weight excluding hydrogens is 268 g/mol. The summed E-state index contributed by atoms with van der Waals surface area (Å²) in [5, 5.41) is 2.67. The lowest BCUT2D eigenvalue weighted by Crippen LogP contribution is -2.24. The standard InChI is InChI=1S/C15H18N4O2/c1-3-17-15(20)11-9-18-14(19-13(11)16)10-7-5-6-8-12(10)21-4-2/h5-9H,3-4H2,1-2H3,(H,17,20)(H2,16,18,19). The van der Waals surface area contributed by atoms with Gasteiger partial charge in [0.2, 0.25) is 0 Å². The van der Waals surface area contributed by atoms with Gasteiger partial charge >= 0.3 is 0 Å². The minimum Gasteiger partial charge on any atom is -0.493 e. The van der Waals surface area contributed by atoms with E-state index in [0.29, 0.717) is 24.7 Å². The van der Waals surface area contributed by atoms with Crippen LogP contribution in [-0.4, -0.2) is 29.0 Å². The SMILES string of the molecule is CCNC(=O)c1cnc(-c2ccccc2OCC)nc1N. The normalized spacial score (nSPS) is 10.2. The molecule has 3 N–H and O–H groups in total. The van der Waals surface area contributed by atoms with Crippen molar-refractivity contribution in [3.8, 4) is 17.1 Å². The van der Waals surface area contributed by atoms with E-state index in [0.717, 1.165) is 5.56 Å². The van der Waals surface area contributed by atoms with E-state index in [1.165, 1.54) is 6.20 Å². The summed E-state index contributed by atoms with van der Waals surface area (Å²) >= 11 is 0. The van der Waals surface area contributed by atoms with E-state index in [1.54, 1.807) is 0 Å². The highest BCUT2D eigenvalue weighted by Crippen LogP contribution is 2.27. The molecule has 0 aliphatic heterocycles. The van der Waals surface area contributed by atoms with Gasteiger partial charge in [-0.2, -0.15) is 0 Å². The van der Waals surface area contributed by atoms with Crippen LogP contribution in [0.15, 0.2) is 30.5 Å². The smallest absolute Gasteiger partial charge is 0.256 e. The van der Waals surface area contributed by atoms with Gasteiger partial charge in [0.05, 0.1) is 17.7 Å². The lowest BCUT2D eigenvalue weighted by Gasteiger charge is -2.10. The third kappa shape index (κ3) is 3.28. The van der Waals surface area contributed by atoms with Crippen molar-refractivity contribution in [2.45, 2.75) is 13.8 Å². The molecule has 21 heavy (non-hydrogen) atoms. The second-order valence-electron chi connectivity index (χ2n) is 4.28. The van der Waals surface area contributed by atoms with Gasteiger partial charge in [-0.3, -0.25) is 4.79 Å². The number of nitrogens with two attached hydrogens (primary N) is 1. The first-order valence-corrected chi connectivity index (χ1v) is 6.80. The summed E-state index contributed by atoms with van der Waals surface area (Å²) in [6.07, 6.45) is 1.44. The third-order valence-corrected chi connectivity index (χ3v) is 2.83. The molecular formula is C15H18N4O2. The number of nitrogens with one attached hydrogen (secondary N) is 1. The summed E-state index contributed by atoms with van der Waals surface area (Å²) in [5.41, 5.74) is 6.88. The molecule has 1 amide bonds. The fourth-order valence-corrected chi connectivity index (χ4v) is 1.89. The maximum atomic E-state index is 11.8. The monoisotopic (exact) mass is 286 g/mol. The first-order chi connectivity index (χ1) is 10.2. The van der Waals surface area contributed by atoms with Crippen LogP contribution < -0.4 is 15.8 Å². The minimum atomic E-state index is -0.278. The van der Waals surface area contributed by atoms with Crippen LogP contribution in [0.4, 0.5) is 5.82 Å². The molecule has 2 aromatic rings. The van der Waals surface area contributed by atoms with Crippen LogP contribution in [0.5, 0.6) is 5.75 Å². The molecule has 0 radical (unpaired) electrons. The number of carbonyl (C=O) groups excluding carboxylic acids is 1. The van der Waals surface area contributed by atoms with Crippen LogP contribution >= 0.6 is 0 Å². The predicted octanol–water partition coefficient (Wildman–Crippen LogP) is 1.87. The maximum Gasteiger partial charge on any atom is 0.256 e. The fourth-order valence-electron chi connectivity index (χ4n) is 1.89. The molecule has 0 bridgehead atoms. The molecule has 0 atom stereocenters. The number of nitrogen functional groups attached to an aromatic ring is 1. The van der Waals surface area contributed by atoms with E-state index < -0.39 is 0 Å². The summed E-state index contributed by atoms with van der Waals surface area (Å²) in [4.78, 5) is 20.2. The molecule has 1 heterocycles. The van der Waals surface area contributed by atoms with Crippen LogP contribution in [-0.2, 0) is 0 Å². The Kier molecular flexibility index (Phi) is 4.71. The summed E-state index contributed by atoms with van der Waals surface area (Å²) in [7, 11) is 0. The number of benzene rings is 1. The predicted molar refractivity (Wildman–Crippen MR) is 81.1 cm³/mol. The number of para-hydroxylation sites is 1. The summed E-state index contributed by atoms with van der Waals surface area (Å²) < 4.78 is 5.55. The van der Waals surface area contributed by atoms with Crippen LogP contribution in [0.25, 0.3) is 11.4 Å². The Hall–Kier alpha value is -2.63. The van der Waals surface area contributed by atoms with E-state index in [1.807, 2.05) is 38.1 Å². The van der Waals surface area contributed by atoms with Crippen molar-refractivity contribution < 1.29 is 9.53 Å². The van der Waals surface area contributed by atoms with Gasteiger partial charge in [0.15, 0.2) is 5.82 Å². The molecule has 2 rings (SSSR count). The first-order valence-electron chi connectivity index (χ1n) is 6.80. The molecule has 0 fully saturated rings. The van der Waals surface area contributed by atoms with E-state index >= 15 is 0 Å². The molecule has 110 valence electrons. The van der Waals surface area contributed by atoms with Gasteiger partial charge in [-0.15, -0.1) is 0 Å². The fraction of sp³-hybridized carbons (Fsp3) is 0.267. The van der Waals surface area contributed by atoms with Crippen molar-refractivity contribution in [3.63, 3.8) is 0 Å². The Balaban J connectivity index is 2.38. The highest BCUT2D eigenvalue weighted by atomic mass is 16.5. The van der Waals surface area contributed by atoms with Crippen molar-refractivity contribution in [2.24, 2.45) is 0 Å². The maximum absolute atomic E-state index is 11.8. The lowest BCUT2D eigenvalue weighted by atomic mass is 10.1. The number of nitrogens with zero attached hydrogens (tertiary/aromatic N) is 2. The lowest BCUT2D eigenvalue weighted by molar-refractivity contribution is 0.0956. The van der Waals surface area contributed by atoms with E-state index in [-0.39, 0.29) is 17.3 Å². The number of hydrogen-bond acceptors (Lipinski definition) is 5. The molecule has 1 aromatic heterocycles. The number of aromatic nitrogens is 2. The van der Waals surface area contributed by atoms with Crippen molar-refractivity contribution in [1.29, 1.82) is 0 Å². The Morgan fingerprint density at radius 1 is 1.33 bits per heavy atom. The first kappa shape index (κ1) is 14.8. The largest absolute Gasteiger partial charge is 0.493 e. The molecule has 0 saturated heterocycles. The van der Waals surface area contributed by atoms with Crippen molar-refractivity contribution in [2.75, 3.05) is 18.9 Å². The van der Waals surface area contributed by atoms with E-state index in [9.17, 15) is 4.79 Å². The molecule has 0 saturated carbocycles. The zero-order chi connectivity index (χ0) is 15.2. The highest BCUT2D eigenvalue weighted by molar-refractivity contribution is 5.98. The van der Waals surface area contributed by atoms with Gasteiger partial charge in [0, 0.05) is 12.7 Å². The molecule has 0 aliphatic carbocycles. The average Bonchev–Trinajstić information content (AvgIpc) is 2.48. The second-order valence-corrected chi connectivity index (χ2v) is 4.28. The molecule has 6 heteroatoms. The molecule has 0 spiro atoms. The van der Waals surface area contributed by atoms with Gasteiger partial charge in [0.1, 0.15) is 11.6 Å². The zero-order valence-corrected chi connectivity index (χ0v) is 12.1. The van der Waals surface area contributed by atoms with Crippen LogP contribution in [0.3, 0.4) is 0 Å². The Labute approximate surface area is 123 Å². The Bertz CT molecular complexity index is 643. The van der Waals surface area contributed by atoms with Gasteiger partial charge in [0.25, 0.3) is 5.91 Å². The number of anilines is 1. The number of ether oxygens (including phenoxy) is 1. The number of hydrogen-bond donors (Lipinski definition) is 2. The second kappa shape index (κ2) is 6.69.